The zero-order valence-corrected chi connectivity index (χ0v) is 16.9. The Labute approximate surface area is 168 Å². The Hall–Kier alpha value is -1.70. The van der Waals surface area contributed by atoms with Crippen molar-refractivity contribution in [3.05, 3.63) is 47.3 Å². The molecule has 1 heterocycles. The minimum atomic E-state index is -0.406. The van der Waals surface area contributed by atoms with E-state index in [4.69, 9.17) is 14.7 Å². The van der Waals surface area contributed by atoms with Crippen LogP contribution in [0.3, 0.4) is 0 Å². The van der Waals surface area contributed by atoms with Crippen LogP contribution in [-0.2, 0) is 9.47 Å². The fraction of sp³-hybridized carbons (Fsp3) is 0.625. The van der Waals surface area contributed by atoms with Crippen LogP contribution >= 0.6 is 0 Å². The van der Waals surface area contributed by atoms with Gasteiger partial charge < -0.3 is 9.47 Å². The molecule has 0 bridgehead atoms. The number of benzene rings is 1. The van der Waals surface area contributed by atoms with Gasteiger partial charge in [-0.25, -0.2) is 4.39 Å². The number of ether oxygens (including phenoxy) is 2. The molecule has 1 saturated carbocycles. The van der Waals surface area contributed by atoms with Crippen LogP contribution in [0, 0.1) is 29.0 Å². The Morgan fingerprint density at radius 3 is 2.46 bits per heavy atom. The lowest BCUT2D eigenvalue weighted by Crippen LogP contribution is -2.38. The van der Waals surface area contributed by atoms with Gasteiger partial charge in [-0.1, -0.05) is 31.6 Å². The Bertz CT molecular complexity index is 680. The van der Waals surface area contributed by atoms with Crippen molar-refractivity contribution in [2.45, 2.75) is 70.5 Å². The van der Waals surface area contributed by atoms with Crippen molar-refractivity contribution in [2.75, 3.05) is 13.2 Å². The summed E-state index contributed by atoms with van der Waals surface area (Å²) in [6.45, 7) is 3.80. The van der Waals surface area contributed by atoms with E-state index in [1.807, 2.05) is 12.1 Å². The SMILES string of the molecule is CCC/C=C/CCC1COC(C2CCC(c3ccc(C#N)c(F)c3)CC2)OC1. The van der Waals surface area contributed by atoms with Gasteiger partial charge in [0.1, 0.15) is 11.9 Å². The molecule has 1 aliphatic heterocycles. The molecule has 1 aromatic carbocycles. The zero-order chi connectivity index (χ0) is 19.8. The third-order valence-electron chi connectivity index (χ3n) is 6.10. The summed E-state index contributed by atoms with van der Waals surface area (Å²) in [4.78, 5) is 0. The molecule has 2 fully saturated rings. The van der Waals surface area contributed by atoms with E-state index >= 15 is 0 Å². The first kappa shape index (κ1) is 21.0. The van der Waals surface area contributed by atoms with Crippen molar-refractivity contribution in [2.24, 2.45) is 11.8 Å². The number of nitrogens with zero attached hydrogens (tertiary/aromatic N) is 1. The topological polar surface area (TPSA) is 42.2 Å². The second-order valence-electron chi connectivity index (χ2n) is 8.20. The normalized spacial score (nSPS) is 28.3. The lowest BCUT2D eigenvalue weighted by Gasteiger charge is -2.37. The van der Waals surface area contributed by atoms with Gasteiger partial charge in [0.25, 0.3) is 0 Å². The molecule has 0 spiro atoms. The second-order valence-corrected chi connectivity index (χ2v) is 8.20. The largest absolute Gasteiger partial charge is 0.352 e. The van der Waals surface area contributed by atoms with E-state index in [1.165, 1.54) is 12.5 Å². The van der Waals surface area contributed by atoms with Crippen LogP contribution < -0.4 is 0 Å². The highest BCUT2D eigenvalue weighted by Gasteiger charge is 2.32. The van der Waals surface area contributed by atoms with Crippen LogP contribution in [0.2, 0.25) is 0 Å². The molecular weight excluding hydrogens is 353 g/mol. The summed E-state index contributed by atoms with van der Waals surface area (Å²) in [6, 6.07) is 6.93. The number of hydrogen-bond acceptors (Lipinski definition) is 3. The van der Waals surface area contributed by atoms with E-state index in [1.54, 1.807) is 6.07 Å². The lowest BCUT2D eigenvalue weighted by molar-refractivity contribution is -0.229. The van der Waals surface area contributed by atoms with Crippen LogP contribution in [0.5, 0.6) is 0 Å². The molecule has 0 atom stereocenters. The van der Waals surface area contributed by atoms with E-state index in [0.717, 1.165) is 63.7 Å². The quantitative estimate of drug-likeness (QED) is 0.533. The van der Waals surface area contributed by atoms with E-state index < -0.39 is 5.82 Å². The second kappa shape index (κ2) is 10.7. The Morgan fingerprint density at radius 2 is 1.82 bits per heavy atom. The van der Waals surface area contributed by atoms with Gasteiger partial charge in [-0.3, -0.25) is 0 Å². The molecule has 3 nitrogen and oxygen atoms in total. The molecule has 1 saturated heterocycles. The Morgan fingerprint density at radius 1 is 1.11 bits per heavy atom. The van der Waals surface area contributed by atoms with Crippen LogP contribution in [0.1, 0.15) is 75.3 Å². The summed E-state index contributed by atoms with van der Waals surface area (Å²) in [5, 5.41) is 8.88. The smallest absolute Gasteiger partial charge is 0.160 e. The fourth-order valence-electron chi connectivity index (χ4n) is 4.33. The first-order valence-electron chi connectivity index (χ1n) is 10.8. The predicted octanol–water partition coefficient (Wildman–Crippen LogP) is 6.10. The molecule has 0 unspecified atom stereocenters. The highest BCUT2D eigenvalue weighted by molar-refractivity contribution is 5.34. The van der Waals surface area contributed by atoms with Crippen molar-refractivity contribution in [1.29, 1.82) is 5.26 Å². The molecule has 1 aromatic rings. The van der Waals surface area contributed by atoms with Gasteiger partial charge >= 0.3 is 0 Å². The number of halogens is 1. The zero-order valence-electron chi connectivity index (χ0n) is 16.9. The molecule has 28 heavy (non-hydrogen) atoms. The molecule has 152 valence electrons. The molecule has 0 radical (unpaired) electrons. The summed E-state index contributed by atoms with van der Waals surface area (Å²) in [7, 11) is 0. The summed E-state index contributed by atoms with van der Waals surface area (Å²) < 4.78 is 26.0. The minimum absolute atomic E-state index is 0.0782. The molecule has 2 aliphatic rings. The third kappa shape index (κ3) is 5.65. The summed E-state index contributed by atoms with van der Waals surface area (Å²) in [5.41, 5.74) is 1.13. The summed E-state index contributed by atoms with van der Waals surface area (Å²) in [5.74, 6) is 0.895. The number of unbranched alkanes of at least 4 members (excludes halogenated alkanes) is 1. The van der Waals surface area contributed by atoms with Crippen LogP contribution in [0.15, 0.2) is 30.4 Å². The third-order valence-corrected chi connectivity index (χ3v) is 6.10. The Kier molecular flexibility index (Phi) is 8.06. The Balaban J connectivity index is 1.40. The summed E-state index contributed by atoms with van der Waals surface area (Å²) in [6.07, 6.45) is 13.2. The molecule has 0 N–H and O–H groups in total. The van der Waals surface area contributed by atoms with E-state index in [9.17, 15) is 4.39 Å². The van der Waals surface area contributed by atoms with Gasteiger partial charge in [-0.2, -0.15) is 5.26 Å². The maximum atomic E-state index is 13.9. The van der Waals surface area contributed by atoms with Gasteiger partial charge in [-0.15, -0.1) is 0 Å². The molecule has 4 heteroatoms. The summed E-state index contributed by atoms with van der Waals surface area (Å²) >= 11 is 0. The lowest BCUT2D eigenvalue weighted by atomic mass is 9.78. The van der Waals surface area contributed by atoms with Gasteiger partial charge in [-0.05, 0) is 68.6 Å². The average molecular weight is 386 g/mol. The van der Waals surface area contributed by atoms with Gasteiger partial charge in [0, 0.05) is 11.8 Å². The molecule has 0 aromatic heterocycles. The maximum absolute atomic E-state index is 13.9. The van der Waals surface area contributed by atoms with Crippen LogP contribution in [-0.4, -0.2) is 19.5 Å². The van der Waals surface area contributed by atoms with Gasteiger partial charge in [0.15, 0.2) is 6.29 Å². The van der Waals surface area contributed by atoms with E-state index in [2.05, 4.69) is 19.1 Å². The number of hydrogen-bond donors (Lipinski definition) is 0. The van der Waals surface area contributed by atoms with Gasteiger partial charge in [0.05, 0.1) is 18.8 Å². The van der Waals surface area contributed by atoms with Crippen molar-refractivity contribution in [3.8, 4) is 6.07 Å². The van der Waals surface area contributed by atoms with E-state index in [0.29, 0.717) is 17.8 Å². The highest BCUT2D eigenvalue weighted by Crippen LogP contribution is 2.39. The standard InChI is InChI=1S/C24H32FNO2/c1-2-3-4-5-6-7-18-16-27-24(28-17-18)20-10-8-19(9-11-20)21-12-13-22(15-26)23(25)14-21/h4-5,12-14,18-20,24H,2-3,6-11,16-17H2,1H3/b5-4+. The van der Waals surface area contributed by atoms with Crippen molar-refractivity contribution >= 4 is 0 Å². The maximum Gasteiger partial charge on any atom is 0.160 e. The number of allylic oxidation sites excluding steroid dienone is 2. The van der Waals surface area contributed by atoms with Crippen molar-refractivity contribution < 1.29 is 13.9 Å². The minimum Gasteiger partial charge on any atom is -0.352 e. The van der Waals surface area contributed by atoms with E-state index in [-0.39, 0.29) is 11.9 Å². The fourth-order valence-corrected chi connectivity index (χ4v) is 4.33. The highest BCUT2D eigenvalue weighted by atomic mass is 19.1. The molecule has 0 amide bonds. The van der Waals surface area contributed by atoms with Crippen LogP contribution in [0.25, 0.3) is 0 Å². The molecule has 1 aliphatic carbocycles. The van der Waals surface area contributed by atoms with Gasteiger partial charge in [0.2, 0.25) is 0 Å². The number of nitriles is 1. The molecule has 3 rings (SSSR count). The molecular formula is C24H32FNO2. The monoisotopic (exact) mass is 385 g/mol. The number of rotatable bonds is 7. The predicted molar refractivity (Wildman–Crippen MR) is 108 cm³/mol. The van der Waals surface area contributed by atoms with Crippen molar-refractivity contribution in [3.63, 3.8) is 0 Å². The first-order chi connectivity index (χ1) is 13.7. The van der Waals surface area contributed by atoms with Crippen LogP contribution in [0.4, 0.5) is 4.39 Å². The van der Waals surface area contributed by atoms with Crippen molar-refractivity contribution in [1.82, 2.24) is 0 Å². The average Bonchev–Trinajstić information content (AvgIpc) is 2.74. The first-order valence-corrected chi connectivity index (χ1v) is 10.8.